The van der Waals surface area contributed by atoms with Gasteiger partial charge in [0.05, 0.1) is 0 Å². The van der Waals surface area contributed by atoms with Crippen molar-refractivity contribution in [2.24, 2.45) is 0 Å². The number of fused-ring (bicyclic) bond motifs is 1. The Morgan fingerprint density at radius 3 is 2.56 bits per heavy atom. The van der Waals surface area contributed by atoms with E-state index in [9.17, 15) is 4.79 Å². The highest BCUT2D eigenvalue weighted by Crippen LogP contribution is 2.28. The van der Waals surface area contributed by atoms with Crippen LogP contribution in [0.15, 0.2) is 42.5 Å². The van der Waals surface area contributed by atoms with Gasteiger partial charge in [-0.05, 0) is 56.0 Å². The lowest BCUT2D eigenvalue weighted by molar-refractivity contribution is 0.0236. The van der Waals surface area contributed by atoms with Crippen molar-refractivity contribution >= 4 is 16.9 Å². The van der Waals surface area contributed by atoms with Crippen LogP contribution in [0.3, 0.4) is 0 Å². The Kier molecular flexibility index (Phi) is 5.28. The molecule has 1 saturated carbocycles. The predicted octanol–water partition coefficient (Wildman–Crippen LogP) is 4.33. The highest BCUT2D eigenvalue weighted by Gasteiger charge is 2.34. The fraction of sp³-hybridized carbons (Fsp3) is 0.476. The molecule has 0 radical (unpaired) electrons. The van der Waals surface area contributed by atoms with E-state index in [2.05, 4.69) is 47.8 Å². The summed E-state index contributed by atoms with van der Waals surface area (Å²) < 4.78 is 5.52. The highest BCUT2D eigenvalue weighted by atomic mass is 16.6. The normalized spacial score (nSPS) is 14.5. The number of nitrogens with zero attached hydrogens (tertiary/aromatic N) is 1. The maximum Gasteiger partial charge on any atom is 0.410 e. The summed E-state index contributed by atoms with van der Waals surface area (Å²) in [4.78, 5) is 14.2. The molecule has 1 fully saturated rings. The number of carbonyl (C=O) groups is 1. The van der Waals surface area contributed by atoms with E-state index in [1.165, 1.54) is 16.3 Å². The van der Waals surface area contributed by atoms with E-state index in [0.717, 1.165) is 25.9 Å². The van der Waals surface area contributed by atoms with Crippen LogP contribution in [0.2, 0.25) is 0 Å². The van der Waals surface area contributed by atoms with Gasteiger partial charge in [-0.25, -0.2) is 4.79 Å². The average molecular weight is 340 g/mol. The molecule has 0 aromatic heterocycles. The van der Waals surface area contributed by atoms with Crippen LogP contribution < -0.4 is 5.32 Å². The van der Waals surface area contributed by atoms with Crippen LogP contribution in [0.5, 0.6) is 0 Å². The summed E-state index contributed by atoms with van der Waals surface area (Å²) in [6, 6.07) is 15.3. The molecule has 0 aliphatic heterocycles. The fourth-order valence-electron chi connectivity index (χ4n) is 2.91. The molecule has 0 spiro atoms. The van der Waals surface area contributed by atoms with Gasteiger partial charge in [-0.15, -0.1) is 0 Å². The summed E-state index contributed by atoms with van der Waals surface area (Å²) in [7, 11) is 0. The minimum atomic E-state index is -0.442. The van der Waals surface area contributed by atoms with E-state index >= 15 is 0 Å². The molecule has 25 heavy (non-hydrogen) atoms. The molecular formula is C21H28N2O2. The van der Waals surface area contributed by atoms with Crippen LogP contribution in [0.1, 0.15) is 39.2 Å². The van der Waals surface area contributed by atoms with Crippen molar-refractivity contribution in [3.05, 3.63) is 48.0 Å². The van der Waals surface area contributed by atoms with E-state index in [-0.39, 0.29) is 6.09 Å². The van der Waals surface area contributed by atoms with Gasteiger partial charge in [0, 0.05) is 25.7 Å². The first-order chi connectivity index (χ1) is 11.9. The molecule has 1 amide bonds. The highest BCUT2D eigenvalue weighted by molar-refractivity contribution is 5.82. The second-order valence-electron chi connectivity index (χ2n) is 7.76. The lowest BCUT2D eigenvalue weighted by Gasteiger charge is -2.27. The molecule has 134 valence electrons. The van der Waals surface area contributed by atoms with Gasteiger partial charge in [-0.1, -0.05) is 36.4 Å². The van der Waals surface area contributed by atoms with Gasteiger partial charge < -0.3 is 15.0 Å². The molecule has 0 unspecified atom stereocenters. The zero-order valence-corrected chi connectivity index (χ0v) is 15.4. The molecule has 0 heterocycles. The van der Waals surface area contributed by atoms with Crippen LogP contribution >= 0.6 is 0 Å². The third-order valence-corrected chi connectivity index (χ3v) is 4.29. The standard InChI is InChI=1S/C21H28N2O2/c1-21(2,3)25-20(24)23(19-10-11-19)13-12-22-15-16-8-9-17-6-4-5-7-18(17)14-16/h4-9,14,19,22H,10-13,15H2,1-3H3. The molecule has 1 aliphatic rings. The van der Waals surface area contributed by atoms with Crippen molar-refractivity contribution in [1.29, 1.82) is 0 Å². The smallest absolute Gasteiger partial charge is 0.410 e. The van der Waals surface area contributed by atoms with Gasteiger partial charge >= 0.3 is 6.09 Å². The maximum absolute atomic E-state index is 12.3. The SMILES string of the molecule is CC(C)(C)OC(=O)N(CCNCc1ccc2ccccc2c1)C1CC1. The van der Waals surface area contributed by atoms with Crippen molar-refractivity contribution in [3.63, 3.8) is 0 Å². The Morgan fingerprint density at radius 1 is 1.16 bits per heavy atom. The lowest BCUT2D eigenvalue weighted by Crippen LogP contribution is -2.41. The Labute approximate surface area is 150 Å². The van der Waals surface area contributed by atoms with Gasteiger partial charge in [0.25, 0.3) is 0 Å². The average Bonchev–Trinajstić information content (AvgIpc) is 3.37. The van der Waals surface area contributed by atoms with E-state index in [0.29, 0.717) is 12.6 Å². The minimum absolute atomic E-state index is 0.192. The third-order valence-electron chi connectivity index (χ3n) is 4.29. The van der Waals surface area contributed by atoms with Gasteiger partial charge in [0.2, 0.25) is 0 Å². The summed E-state index contributed by atoms with van der Waals surface area (Å²) in [5, 5.41) is 5.97. The zero-order chi connectivity index (χ0) is 17.9. The molecule has 0 saturated heterocycles. The monoisotopic (exact) mass is 340 g/mol. The van der Waals surface area contributed by atoms with Gasteiger partial charge in [-0.2, -0.15) is 0 Å². The molecule has 2 aromatic carbocycles. The predicted molar refractivity (Wildman–Crippen MR) is 102 cm³/mol. The Hall–Kier alpha value is -2.07. The molecule has 2 aromatic rings. The third kappa shape index (κ3) is 5.20. The van der Waals surface area contributed by atoms with Crippen LogP contribution in [0.4, 0.5) is 4.79 Å². The summed E-state index contributed by atoms with van der Waals surface area (Å²) in [5.41, 5.74) is 0.817. The Morgan fingerprint density at radius 2 is 1.88 bits per heavy atom. The molecule has 3 rings (SSSR count). The molecule has 0 atom stereocenters. The van der Waals surface area contributed by atoms with Gasteiger partial charge in [0.15, 0.2) is 0 Å². The summed E-state index contributed by atoms with van der Waals surface area (Å²) in [5.74, 6) is 0. The van der Waals surface area contributed by atoms with E-state index in [1.807, 2.05) is 25.7 Å². The molecular weight excluding hydrogens is 312 g/mol. The number of hydrogen-bond acceptors (Lipinski definition) is 3. The second kappa shape index (κ2) is 7.44. The number of ether oxygens (including phenoxy) is 1. The minimum Gasteiger partial charge on any atom is -0.444 e. The topological polar surface area (TPSA) is 41.6 Å². The number of carbonyl (C=O) groups excluding carboxylic acids is 1. The number of amides is 1. The van der Waals surface area contributed by atoms with E-state index in [1.54, 1.807) is 0 Å². The van der Waals surface area contributed by atoms with Crippen molar-refractivity contribution in [3.8, 4) is 0 Å². The number of rotatable bonds is 6. The van der Waals surface area contributed by atoms with Crippen molar-refractivity contribution < 1.29 is 9.53 Å². The molecule has 1 N–H and O–H groups in total. The summed E-state index contributed by atoms with van der Waals surface area (Å²) >= 11 is 0. The number of benzene rings is 2. The van der Waals surface area contributed by atoms with E-state index < -0.39 is 5.60 Å². The van der Waals surface area contributed by atoms with Crippen LogP contribution in [-0.4, -0.2) is 35.7 Å². The molecule has 4 heteroatoms. The molecule has 4 nitrogen and oxygen atoms in total. The second-order valence-corrected chi connectivity index (χ2v) is 7.76. The largest absolute Gasteiger partial charge is 0.444 e. The molecule has 1 aliphatic carbocycles. The quantitative estimate of drug-likeness (QED) is 0.796. The van der Waals surface area contributed by atoms with Crippen molar-refractivity contribution in [1.82, 2.24) is 10.2 Å². The first kappa shape index (κ1) is 17.7. The number of nitrogens with one attached hydrogen (secondary N) is 1. The van der Waals surface area contributed by atoms with Crippen LogP contribution in [0.25, 0.3) is 10.8 Å². The fourth-order valence-corrected chi connectivity index (χ4v) is 2.91. The van der Waals surface area contributed by atoms with Crippen LogP contribution in [-0.2, 0) is 11.3 Å². The maximum atomic E-state index is 12.3. The lowest BCUT2D eigenvalue weighted by atomic mass is 10.1. The van der Waals surface area contributed by atoms with Crippen molar-refractivity contribution in [2.75, 3.05) is 13.1 Å². The van der Waals surface area contributed by atoms with Crippen LogP contribution in [0, 0.1) is 0 Å². The van der Waals surface area contributed by atoms with Gasteiger partial charge in [-0.3, -0.25) is 0 Å². The molecule has 0 bridgehead atoms. The summed E-state index contributed by atoms with van der Waals surface area (Å²) in [6.45, 7) is 7.99. The first-order valence-electron chi connectivity index (χ1n) is 9.10. The zero-order valence-electron chi connectivity index (χ0n) is 15.4. The summed E-state index contributed by atoms with van der Waals surface area (Å²) in [6.07, 6.45) is 1.98. The Bertz CT molecular complexity index is 732. The van der Waals surface area contributed by atoms with E-state index in [4.69, 9.17) is 4.74 Å². The van der Waals surface area contributed by atoms with Gasteiger partial charge in [0.1, 0.15) is 5.60 Å². The Balaban J connectivity index is 1.49. The first-order valence-corrected chi connectivity index (χ1v) is 9.10. The number of hydrogen-bond donors (Lipinski definition) is 1. The van der Waals surface area contributed by atoms with Crippen molar-refractivity contribution in [2.45, 2.75) is 51.8 Å².